The van der Waals surface area contributed by atoms with Crippen LogP contribution in [0.25, 0.3) is 16.7 Å². The quantitative estimate of drug-likeness (QED) is 0.616. The molecule has 0 aliphatic heterocycles. The first-order valence-electron chi connectivity index (χ1n) is 8.12. The monoisotopic (exact) mass is 300 g/mol. The third kappa shape index (κ3) is 2.30. The van der Waals surface area contributed by atoms with E-state index in [2.05, 4.69) is 77.3 Å². The number of fused-ring (bicyclic) bond motifs is 1. The standard InChI is InChI=1S/C23H24/c1-7-19-20-12-11-18(17-10-9-15(3)16(4)13-17)14-22(20)23(5,6)21(19)8-2/h7-14H,1-2H2,3-6H3. The van der Waals surface area contributed by atoms with Crippen molar-refractivity contribution in [1.29, 1.82) is 0 Å². The summed E-state index contributed by atoms with van der Waals surface area (Å²) in [6.45, 7) is 16.9. The predicted octanol–water partition coefficient (Wildman–Crippen LogP) is 6.39. The Morgan fingerprint density at radius 2 is 1.48 bits per heavy atom. The number of aryl methyl sites for hydroxylation is 2. The molecule has 2 aromatic rings. The largest absolute Gasteiger partial charge is 0.0987 e. The molecule has 0 saturated heterocycles. The van der Waals surface area contributed by atoms with Crippen molar-refractivity contribution in [2.24, 2.45) is 0 Å². The molecule has 0 bridgehead atoms. The number of allylic oxidation sites excluding steroid dienone is 4. The van der Waals surface area contributed by atoms with E-state index in [0.717, 1.165) is 0 Å². The second kappa shape index (κ2) is 5.38. The number of hydrogen-bond acceptors (Lipinski definition) is 0. The smallest absolute Gasteiger partial charge is 0.0158 e. The lowest BCUT2D eigenvalue weighted by molar-refractivity contribution is 0.655. The van der Waals surface area contributed by atoms with Gasteiger partial charge in [-0.05, 0) is 64.4 Å². The van der Waals surface area contributed by atoms with Crippen molar-refractivity contribution < 1.29 is 0 Å². The second-order valence-electron chi connectivity index (χ2n) is 6.92. The van der Waals surface area contributed by atoms with Crippen LogP contribution in [0.2, 0.25) is 0 Å². The van der Waals surface area contributed by atoms with Gasteiger partial charge in [-0.25, -0.2) is 0 Å². The molecule has 116 valence electrons. The molecule has 0 radical (unpaired) electrons. The average Bonchev–Trinajstić information content (AvgIpc) is 2.76. The summed E-state index contributed by atoms with van der Waals surface area (Å²) in [5, 5.41) is 0. The summed E-state index contributed by atoms with van der Waals surface area (Å²) in [4.78, 5) is 0. The second-order valence-corrected chi connectivity index (χ2v) is 6.92. The van der Waals surface area contributed by atoms with Gasteiger partial charge in [-0.3, -0.25) is 0 Å². The van der Waals surface area contributed by atoms with E-state index in [0.29, 0.717) is 0 Å². The normalized spacial score (nSPS) is 15.5. The first-order valence-corrected chi connectivity index (χ1v) is 8.12. The number of rotatable bonds is 3. The van der Waals surface area contributed by atoms with Crippen molar-refractivity contribution in [2.45, 2.75) is 33.1 Å². The molecular weight excluding hydrogens is 276 g/mol. The van der Waals surface area contributed by atoms with Crippen molar-refractivity contribution >= 4 is 5.57 Å². The zero-order chi connectivity index (χ0) is 16.8. The SMILES string of the molecule is C=CC1=C(C=C)C(C)(C)c2cc(-c3ccc(C)c(C)c3)ccc21. The molecule has 0 spiro atoms. The van der Waals surface area contributed by atoms with Crippen LogP contribution in [0.5, 0.6) is 0 Å². The highest BCUT2D eigenvalue weighted by Gasteiger charge is 2.35. The Hall–Kier alpha value is -2.34. The van der Waals surface area contributed by atoms with E-state index in [1.54, 1.807) is 0 Å². The lowest BCUT2D eigenvalue weighted by Crippen LogP contribution is -2.16. The van der Waals surface area contributed by atoms with Crippen LogP contribution in [0.4, 0.5) is 0 Å². The number of hydrogen-bond donors (Lipinski definition) is 0. The maximum atomic E-state index is 4.02. The lowest BCUT2D eigenvalue weighted by atomic mass is 9.80. The summed E-state index contributed by atoms with van der Waals surface area (Å²) >= 11 is 0. The fourth-order valence-corrected chi connectivity index (χ4v) is 3.61. The molecule has 0 amide bonds. The molecule has 0 N–H and O–H groups in total. The van der Waals surface area contributed by atoms with Gasteiger partial charge >= 0.3 is 0 Å². The van der Waals surface area contributed by atoms with E-state index in [1.807, 2.05) is 12.2 Å². The van der Waals surface area contributed by atoms with Crippen LogP contribution in [-0.4, -0.2) is 0 Å². The molecular formula is C23H24. The minimum Gasteiger partial charge on any atom is -0.0987 e. The molecule has 0 atom stereocenters. The minimum absolute atomic E-state index is 0.0314. The highest BCUT2D eigenvalue weighted by molar-refractivity contribution is 5.88. The highest BCUT2D eigenvalue weighted by Crippen LogP contribution is 2.48. The van der Waals surface area contributed by atoms with Crippen molar-refractivity contribution in [1.82, 2.24) is 0 Å². The minimum atomic E-state index is -0.0314. The summed E-state index contributed by atoms with van der Waals surface area (Å²) in [6, 6.07) is 13.5. The maximum absolute atomic E-state index is 4.02. The van der Waals surface area contributed by atoms with Crippen LogP contribution < -0.4 is 0 Å². The fraction of sp³-hybridized carbons (Fsp3) is 0.217. The Bertz CT molecular complexity index is 844. The van der Waals surface area contributed by atoms with E-state index in [4.69, 9.17) is 0 Å². The molecule has 1 aliphatic carbocycles. The van der Waals surface area contributed by atoms with Crippen molar-refractivity contribution in [3.8, 4) is 11.1 Å². The van der Waals surface area contributed by atoms with Crippen molar-refractivity contribution in [3.63, 3.8) is 0 Å². The van der Waals surface area contributed by atoms with Gasteiger partial charge in [0, 0.05) is 5.41 Å². The van der Waals surface area contributed by atoms with Gasteiger partial charge in [0.05, 0.1) is 0 Å². The number of benzene rings is 2. The Balaban J connectivity index is 2.18. The van der Waals surface area contributed by atoms with Crippen LogP contribution >= 0.6 is 0 Å². The van der Waals surface area contributed by atoms with E-state index < -0.39 is 0 Å². The Labute approximate surface area is 139 Å². The third-order valence-corrected chi connectivity index (χ3v) is 5.20. The summed E-state index contributed by atoms with van der Waals surface area (Å²) in [6.07, 6.45) is 3.94. The van der Waals surface area contributed by atoms with Crippen LogP contribution in [0, 0.1) is 13.8 Å². The molecule has 23 heavy (non-hydrogen) atoms. The van der Waals surface area contributed by atoms with Gasteiger partial charge in [-0.1, -0.05) is 69.5 Å². The maximum Gasteiger partial charge on any atom is 0.0158 e. The molecule has 2 aromatic carbocycles. The van der Waals surface area contributed by atoms with Crippen LogP contribution in [0.1, 0.15) is 36.1 Å². The first kappa shape index (κ1) is 15.6. The predicted molar refractivity (Wildman–Crippen MR) is 102 cm³/mol. The Kier molecular flexibility index (Phi) is 3.64. The average molecular weight is 300 g/mol. The van der Waals surface area contributed by atoms with E-state index in [-0.39, 0.29) is 5.41 Å². The summed E-state index contributed by atoms with van der Waals surface area (Å²) < 4.78 is 0. The van der Waals surface area contributed by atoms with Gasteiger partial charge in [0.1, 0.15) is 0 Å². The molecule has 0 unspecified atom stereocenters. The van der Waals surface area contributed by atoms with Gasteiger partial charge in [0.2, 0.25) is 0 Å². The van der Waals surface area contributed by atoms with Crippen LogP contribution in [-0.2, 0) is 5.41 Å². The van der Waals surface area contributed by atoms with E-state index in [1.165, 1.54) is 44.5 Å². The molecule has 0 nitrogen and oxygen atoms in total. The van der Waals surface area contributed by atoms with Gasteiger partial charge in [-0.15, -0.1) is 0 Å². The van der Waals surface area contributed by atoms with Crippen molar-refractivity contribution in [2.75, 3.05) is 0 Å². The van der Waals surface area contributed by atoms with Gasteiger partial charge in [0.25, 0.3) is 0 Å². The zero-order valence-corrected chi connectivity index (χ0v) is 14.5. The molecule has 0 heterocycles. The fourth-order valence-electron chi connectivity index (χ4n) is 3.61. The highest BCUT2D eigenvalue weighted by atomic mass is 14.4. The third-order valence-electron chi connectivity index (χ3n) is 5.20. The summed E-state index contributed by atoms with van der Waals surface area (Å²) in [7, 11) is 0. The molecule has 1 aliphatic rings. The molecule has 0 fully saturated rings. The molecule has 0 aromatic heterocycles. The Morgan fingerprint density at radius 1 is 0.826 bits per heavy atom. The first-order chi connectivity index (χ1) is 10.9. The van der Waals surface area contributed by atoms with Crippen LogP contribution in [0.3, 0.4) is 0 Å². The van der Waals surface area contributed by atoms with E-state index in [9.17, 15) is 0 Å². The zero-order valence-electron chi connectivity index (χ0n) is 14.5. The molecule has 0 heteroatoms. The van der Waals surface area contributed by atoms with Crippen LogP contribution in [0.15, 0.2) is 67.3 Å². The van der Waals surface area contributed by atoms with Gasteiger partial charge < -0.3 is 0 Å². The molecule has 0 saturated carbocycles. The van der Waals surface area contributed by atoms with E-state index >= 15 is 0 Å². The summed E-state index contributed by atoms with van der Waals surface area (Å²) in [5.74, 6) is 0. The molecule has 3 rings (SSSR count). The summed E-state index contributed by atoms with van der Waals surface area (Å²) in [5.41, 5.74) is 10.3. The lowest BCUT2D eigenvalue weighted by Gasteiger charge is -2.23. The van der Waals surface area contributed by atoms with Gasteiger partial charge in [-0.2, -0.15) is 0 Å². The Morgan fingerprint density at radius 3 is 2.09 bits per heavy atom. The topological polar surface area (TPSA) is 0 Å². The van der Waals surface area contributed by atoms with Crippen molar-refractivity contribution in [3.05, 3.63) is 89.5 Å². The van der Waals surface area contributed by atoms with Gasteiger partial charge in [0.15, 0.2) is 0 Å².